The second kappa shape index (κ2) is 7.29. The van der Waals surface area contributed by atoms with Crippen molar-refractivity contribution in [1.82, 2.24) is 5.32 Å². The van der Waals surface area contributed by atoms with Crippen molar-refractivity contribution in [3.8, 4) is 0 Å². The molecule has 0 aromatic heterocycles. The number of nitrogens with one attached hydrogen (secondary N) is 1. The van der Waals surface area contributed by atoms with Gasteiger partial charge in [0.15, 0.2) is 0 Å². The van der Waals surface area contributed by atoms with E-state index in [1.54, 1.807) is 7.11 Å². The lowest BCUT2D eigenvalue weighted by atomic mass is 10.1. The molecule has 0 unspecified atom stereocenters. The topological polar surface area (TPSA) is 21.3 Å². The van der Waals surface area contributed by atoms with Crippen LogP contribution in [0, 0.1) is 0 Å². The Morgan fingerprint density at radius 3 is 2.58 bits per heavy atom. The van der Waals surface area contributed by atoms with Crippen molar-refractivity contribution in [2.75, 3.05) is 7.11 Å². The van der Waals surface area contributed by atoms with Crippen molar-refractivity contribution in [1.29, 1.82) is 0 Å². The molecule has 2 aromatic carbocycles. The summed E-state index contributed by atoms with van der Waals surface area (Å²) in [5.74, 6) is 0. The van der Waals surface area contributed by atoms with Gasteiger partial charge in [-0.05, 0) is 22.8 Å². The maximum atomic E-state index is 6.12. The predicted octanol–water partition coefficient (Wildman–Crippen LogP) is 3.78. The van der Waals surface area contributed by atoms with E-state index in [1.807, 2.05) is 24.3 Å². The molecule has 0 aliphatic heterocycles. The standard InChI is InChI=1S/C16H18ClNO/c1-19-12-14-6-4-5-13(9-14)10-18-11-15-7-2-3-8-16(15)17/h2-9,18H,10-12H2,1H3. The fraction of sp³-hybridized carbons (Fsp3) is 0.250. The molecule has 0 amide bonds. The first-order chi connectivity index (χ1) is 9.29. The third-order valence-corrected chi connectivity index (χ3v) is 3.27. The number of benzene rings is 2. The minimum atomic E-state index is 0.651. The van der Waals surface area contributed by atoms with Crippen LogP contribution in [0.4, 0.5) is 0 Å². The van der Waals surface area contributed by atoms with Gasteiger partial charge in [0.05, 0.1) is 6.61 Å². The van der Waals surface area contributed by atoms with E-state index in [0.717, 1.165) is 23.7 Å². The van der Waals surface area contributed by atoms with E-state index < -0.39 is 0 Å². The van der Waals surface area contributed by atoms with E-state index in [-0.39, 0.29) is 0 Å². The monoisotopic (exact) mass is 275 g/mol. The van der Waals surface area contributed by atoms with Gasteiger partial charge in [0.2, 0.25) is 0 Å². The van der Waals surface area contributed by atoms with Gasteiger partial charge in [-0.25, -0.2) is 0 Å². The van der Waals surface area contributed by atoms with Crippen LogP contribution in [-0.2, 0) is 24.4 Å². The smallest absolute Gasteiger partial charge is 0.0713 e. The second-order valence-corrected chi connectivity index (χ2v) is 4.86. The summed E-state index contributed by atoms with van der Waals surface area (Å²) in [6.45, 7) is 2.25. The molecule has 0 saturated heterocycles. The Bertz CT molecular complexity index is 528. The molecule has 1 N–H and O–H groups in total. The van der Waals surface area contributed by atoms with Crippen molar-refractivity contribution in [3.63, 3.8) is 0 Å². The maximum absolute atomic E-state index is 6.12. The summed E-state index contributed by atoms with van der Waals surface area (Å²) in [6.07, 6.45) is 0. The third kappa shape index (κ3) is 4.35. The van der Waals surface area contributed by atoms with Crippen LogP contribution in [0.5, 0.6) is 0 Å². The molecule has 0 spiro atoms. The average molecular weight is 276 g/mol. The number of hydrogen-bond acceptors (Lipinski definition) is 2. The minimum absolute atomic E-state index is 0.651. The fourth-order valence-electron chi connectivity index (χ4n) is 1.98. The molecule has 0 heterocycles. The van der Waals surface area contributed by atoms with Gasteiger partial charge in [-0.3, -0.25) is 0 Å². The number of halogens is 1. The van der Waals surface area contributed by atoms with Crippen LogP contribution in [0.1, 0.15) is 16.7 Å². The van der Waals surface area contributed by atoms with Crippen molar-refractivity contribution < 1.29 is 4.74 Å². The van der Waals surface area contributed by atoms with Gasteiger partial charge in [-0.15, -0.1) is 0 Å². The van der Waals surface area contributed by atoms with Gasteiger partial charge in [0.1, 0.15) is 0 Å². The van der Waals surface area contributed by atoms with E-state index in [0.29, 0.717) is 6.61 Å². The van der Waals surface area contributed by atoms with Gasteiger partial charge >= 0.3 is 0 Å². The highest BCUT2D eigenvalue weighted by Crippen LogP contribution is 2.14. The molecular formula is C16H18ClNO. The van der Waals surface area contributed by atoms with E-state index in [1.165, 1.54) is 11.1 Å². The van der Waals surface area contributed by atoms with E-state index in [9.17, 15) is 0 Å². The molecule has 19 heavy (non-hydrogen) atoms. The van der Waals surface area contributed by atoms with Crippen LogP contribution in [-0.4, -0.2) is 7.11 Å². The van der Waals surface area contributed by atoms with Gasteiger partial charge in [-0.1, -0.05) is 54.1 Å². The van der Waals surface area contributed by atoms with Crippen molar-refractivity contribution >= 4 is 11.6 Å². The fourth-order valence-corrected chi connectivity index (χ4v) is 2.18. The summed E-state index contributed by atoms with van der Waals surface area (Å²) in [5, 5.41) is 4.21. The Morgan fingerprint density at radius 1 is 1.00 bits per heavy atom. The largest absolute Gasteiger partial charge is 0.380 e. The molecule has 100 valence electrons. The molecular weight excluding hydrogens is 258 g/mol. The Morgan fingerprint density at radius 2 is 1.79 bits per heavy atom. The Hall–Kier alpha value is -1.35. The summed E-state index contributed by atoms with van der Waals surface area (Å²) in [5.41, 5.74) is 3.57. The first-order valence-electron chi connectivity index (χ1n) is 6.30. The number of methoxy groups -OCH3 is 1. The molecule has 3 heteroatoms. The average Bonchev–Trinajstić information content (AvgIpc) is 2.42. The second-order valence-electron chi connectivity index (χ2n) is 4.45. The van der Waals surface area contributed by atoms with Crippen LogP contribution in [0.3, 0.4) is 0 Å². The van der Waals surface area contributed by atoms with Gasteiger partial charge in [0, 0.05) is 25.2 Å². The summed E-state index contributed by atoms with van der Waals surface area (Å²) in [4.78, 5) is 0. The zero-order chi connectivity index (χ0) is 13.5. The third-order valence-electron chi connectivity index (χ3n) is 2.90. The first-order valence-corrected chi connectivity index (χ1v) is 6.68. The highest BCUT2D eigenvalue weighted by Gasteiger charge is 1.99. The van der Waals surface area contributed by atoms with Gasteiger partial charge in [-0.2, -0.15) is 0 Å². The van der Waals surface area contributed by atoms with Crippen LogP contribution in [0.15, 0.2) is 48.5 Å². The molecule has 2 aromatic rings. The molecule has 0 saturated carbocycles. The molecule has 0 atom stereocenters. The highest BCUT2D eigenvalue weighted by atomic mass is 35.5. The lowest BCUT2D eigenvalue weighted by Crippen LogP contribution is -2.13. The molecule has 2 nitrogen and oxygen atoms in total. The van der Waals surface area contributed by atoms with Gasteiger partial charge in [0.25, 0.3) is 0 Å². The Kier molecular flexibility index (Phi) is 5.40. The van der Waals surface area contributed by atoms with E-state index in [4.69, 9.17) is 16.3 Å². The van der Waals surface area contributed by atoms with Crippen molar-refractivity contribution in [2.24, 2.45) is 0 Å². The first kappa shape index (κ1) is 14.1. The van der Waals surface area contributed by atoms with Crippen molar-refractivity contribution in [2.45, 2.75) is 19.7 Å². The highest BCUT2D eigenvalue weighted by molar-refractivity contribution is 6.31. The molecule has 0 radical (unpaired) electrons. The zero-order valence-electron chi connectivity index (χ0n) is 11.0. The van der Waals surface area contributed by atoms with Gasteiger partial charge < -0.3 is 10.1 Å². The lowest BCUT2D eigenvalue weighted by Gasteiger charge is -2.08. The summed E-state index contributed by atoms with van der Waals surface area (Å²) in [7, 11) is 1.71. The van der Waals surface area contributed by atoms with E-state index >= 15 is 0 Å². The number of hydrogen-bond donors (Lipinski definition) is 1. The molecule has 2 rings (SSSR count). The normalized spacial score (nSPS) is 10.6. The molecule has 0 bridgehead atoms. The Balaban J connectivity index is 1.89. The van der Waals surface area contributed by atoms with Crippen LogP contribution in [0.25, 0.3) is 0 Å². The summed E-state index contributed by atoms with van der Waals surface area (Å²) in [6, 6.07) is 16.3. The number of rotatable bonds is 6. The van der Waals surface area contributed by atoms with Crippen molar-refractivity contribution in [3.05, 3.63) is 70.2 Å². The molecule has 0 aliphatic carbocycles. The quantitative estimate of drug-likeness (QED) is 0.866. The summed E-state index contributed by atoms with van der Waals surface area (Å²) >= 11 is 6.12. The summed E-state index contributed by atoms with van der Waals surface area (Å²) < 4.78 is 5.13. The SMILES string of the molecule is COCc1cccc(CNCc2ccccc2Cl)c1. The Labute approximate surface area is 119 Å². The maximum Gasteiger partial charge on any atom is 0.0713 e. The van der Waals surface area contributed by atoms with Crippen LogP contribution >= 0.6 is 11.6 Å². The van der Waals surface area contributed by atoms with E-state index in [2.05, 4.69) is 29.6 Å². The predicted molar refractivity (Wildman–Crippen MR) is 79.2 cm³/mol. The molecule has 0 fully saturated rings. The zero-order valence-corrected chi connectivity index (χ0v) is 11.8. The number of ether oxygens (including phenoxy) is 1. The van der Waals surface area contributed by atoms with Crippen LogP contribution in [0.2, 0.25) is 5.02 Å². The van der Waals surface area contributed by atoms with Crippen LogP contribution < -0.4 is 5.32 Å². The lowest BCUT2D eigenvalue weighted by molar-refractivity contribution is 0.185. The molecule has 0 aliphatic rings. The minimum Gasteiger partial charge on any atom is -0.380 e.